The molecule has 2 aromatic heterocycles. The van der Waals surface area contributed by atoms with Gasteiger partial charge in [-0.25, -0.2) is 13.9 Å². The summed E-state index contributed by atoms with van der Waals surface area (Å²) in [5.74, 6) is -0.671. The first-order valence-electron chi connectivity index (χ1n) is 8.52. The average molecular weight is 360 g/mol. The molecule has 1 N–H and O–H groups in total. The van der Waals surface area contributed by atoms with Crippen LogP contribution in [0.25, 0.3) is 16.8 Å². The molecule has 0 spiro atoms. The second kappa shape index (κ2) is 6.64. The van der Waals surface area contributed by atoms with Crippen molar-refractivity contribution in [3.05, 3.63) is 83.6 Å². The number of aryl methyl sites for hydroxylation is 2. The van der Waals surface area contributed by atoms with E-state index in [-0.39, 0.29) is 11.7 Å². The van der Waals surface area contributed by atoms with Gasteiger partial charge in [0, 0.05) is 17.4 Å². The number of nitrogens with one attached hydrogen (secondary N) is 1. The normalized spacial score (nSPS) is 10.9. The predicted octanol–water partition coefficient (Wildman–Crippen LogP) is 4.40. The number of anilines is 1. The molecule has 134 valence electrons. The highest BCUT2D eigenvalue weighted by atomic mass is 19.1. The monoisotopic (exact) mass is 360 g/mol. The van der Waals surface area contributed by atoms with E-state index >= 15 is 0 Å². The van der Waals surface area contributed by atoms with E-state index in [1.54, 1.807) is 10.7 Å². The zero-order valence-corrected chi connectivity index (χ0v) is 14.9. The fraction of sp³-hybridized carbons (Fsp3) is 0.0952. The highest BCUT2D eigenvalue weighted by molar-refractivity contribution is 6.05. The Labute approximate surface area is 155 Å². The third kappa shape index (κ3) is 3.06. The van der Waals surface area contributed by atoms with Gasteiger partial charge >= 0.3 is 0 Å². The van der Waals surface area contributed by atoms with E-state index in [9.17, 15) is 9.18 Å². The molecular formula is C21H17FN4O. The van der Waals surface area contributed by atoms with Crippen LogP contribution >= 0.6 is 0 Å². The van der Waals surface area contributed by atoms with E-state index in [1.165, 1.54) is 24.3 Å². The van der Waals surface area contributed by atoms with Gasteiger partial charge in [-0.2, -0.15) is 5.10 Å². The summed E-state index contributed by atoms with van der Waals surface area (Å²) in [7, 11) is 0. The van der Waals surface area contributed by atoms with E-state index < -0.39 is 0 Å². The molecule has 0 fully saturated rings. The predicted molar refractivity (Wildman–Crippen MR) is 102 cm³/mol. The summed E-state index contributed by atoms with van der Waals surface area (Å²) in [6.45, 7) is 3.75. The van der Waals surface area contributed by atoms with E-state index in [0.717, 1.165) is 16.8 Å². The number of aromatic nitrogens is 3. The summed E-state index contributed by atoms with van der Waals surface area (Å²) in [6, 6.07) is 15.5. The number of carbonyl (C=O) groups excluding carboxylic acids is 1. The Morgan fingerprint density at radius 2 is 1.74 bits per heavy atom. The Kier molecular flexibility index (Phi) is 4.16. The number of fused-ring (bicyclic) bond motifs is 1. The molecular weight excluding hydrogens is 343 g/mol. The molecule has 4 aromatic rings. The second-order valence-electron chi connectivity index (χ2n) is 6.28. The van der Waals surface area contributed by atoms with Crippen LogP contribution in [0, 0.1) is 19.7 Å². The Bertz CT molecular complexity index is 1130. The smallest absolute Gasteiger partial charge is 0.259 e. The summed E-state index contributed by atoms with van der Waals surface area (Å²) in [6.07, 6.45) is 1.55. The van der Waals surface area contributed by atoms with E-state index in [2.05, 4.69) is 15.4 Å². The molecule has 0 unspecified atom stereocenters. The van der Waals surface area contributed by atoms with Crippen molar-refractivity contribution in [1.29, 1.82) is 0 Å². The maximum Gasteiger partial charge on any atom is 0.259 e. The molecule has 6 heteroatoms. The maximum absolute atomic E-state index is 13.0. The first-order valence-corrected chi connectivity index (χ1v) is 8.52. The Balaban J connectivity index is 1.75. The van der Waals surface area contributed by atoms with E-state index in [0.29, 0.717) is 22.6 Å². The zero-order valence-electron chi connectivity index (χ0n) is 14.9. The molecule has 5 nitrogen and oxygen atoms in total. The van der Waals surface area contributed by atoms with E-state index in [1.807, 2.05) is 44.2 Å². The highest BCUT2D eigenvalue weighted by Crippen LogP contribution is 2.28. The molecule has 2 heterocycles. The standard InChI is InChI=1S/C21H17FN4O/c1-13-19(15-6-4-3-5-7-15)20-23-12-18(14(2)26(20)25-13)21(27)24-17-10-8-16(22)9-11-17/h3-12H,1-2H3,(H,24,27). The number of halogens is 1. The number of nitrogens with zero attached hydrogens (tertiary/aromatic N) is 3. The van der Waals surface area contributed by atoms with Crippen molar-refractivity contribution in [3.8, 4) is 11.1 Å². The van der Waals surface area contributed by atoms with Gasteiger partial charge in [-0.3, -0.25) is 4.79 Å². The number of amides is 1. The first-order chi connectivity index (χ1) is 13.0. The van der Waals surface area contributed by atoms with Crippen LogP contribution in [0.1, 0.15) is 21.7 Å². The van der Waals surface area contributed by atoms with Gasteiger partial charge in [0.1, 0.15) is 5.82 Å². The molecule has 0 aliphatic rings. The number of carbonyl (C=O) groups is 1. The quantitative estimate of drug-likeness (QED) is 0.589. The number of benzene rings is 2. The summed E-state index contributed by atoms with van der Waals surface area (Å²) in [5, 5.41) is 7.33. The van der Waals surface area contributed by atoms with Gasteiger partial charge < -0.3 is 5.32 Å². The van der Waals surface area contributed by atoms with Crippen molar-refractivity contribution in [3.63, 3.8) is 0 Å². The largest absolute Gasteiger partial charge is 0.322 e. The van der Waals surface area contributed by atoms with Crippen molar-refractivity contribution in [2.45, 2.75) is 13.8 Å². The molecule has 0 aliphatic carbocycles. The Hall–Kier alpha value is -3.54. The van der Waals surface area contributed by atoms with Crippen molar-refractivity contribution >= 4 is 17.2 Å². The second-order valence-corrected chi connectivity index (χ2v) is 6.28. The molecule has 0 aliphatic heterocycles. The maximum atomic E-state index is 13.0. The Morgan fingerprint density at radius 1 is 1.04 bits per heavy atom. The van der Waals surface area contributed by atoms with Crippen LogP contribution in [0.5, 0.6) is 0 Å². The lowest BCUT2D eigenvalue weighted by molar-refractivity contribution is 0.102. The topological polar surface area (TPSA) is 59.3 Å². The summed E-state index contributed by atoms with van der Waals surface area (Å²) >= 11 is 0. The molecule has 0 atom stereocenters. The third-order valence-electron chi connectivity index (χ3n) is 4.47. The van der Waals surface area contributed by atoms with Gasteiger partial charge in [0.15, 0.2) is 5.65 Å². The van der Waals surface area contributed by atoms with Crippen molar-refractivity contribution in [2.75, 3.05) is 5.32 Å². The van der Waals surface area contributed by atoms with Crippen LogP contribution in [0.3, 0.4) is 0 Å². The molecule has 1 amide bonds. The molecule has 0 saturated heterocycles. The van der Waals surface area contributed by atoms with Gasteiger partial charge in [0.2, 0.25) is 0 Å². The van der Waals surface area contributed by atoms with Crippen molar-refractivity contribution < 1.29 is 9.18 Å². The van der Waals surface area contributed by atoms with Crippen LogP contribution in [0.4, 0.5) is 10.1 Å². The molecule has 0 bridgehead atoms. The number of hydrogen-bond acceptors (Lipinski definition) is 3. The van der Waals surface area contributed by atoms with Crippen LogP contribution < -0.4 is 5.32 Å². The highest BCUT2D eigenvalue weighted by Gasteiger charge is 2.18. The summed E-state index contributed by atoms with van der Waals surface area (Å²) < 4.78 is 14.7. The van der Waals surface area contributed by atoms with E-state index in [4.69, 9.17) is 0 Å². The van der Waals surface area contributed by atoms with Crippen LogP contribution in [-0.4, -0.2) is 20.5 Å². The van der Waals surface area contributed by atoms with Crippen molar-refractivity contribution in [1.82, 2.24) is 14.6 Å². The van der Waals surface area contributed by atoms with Gasteiger partial charge in [0.05, 0.1) is 17.0 Å². The fourth-order valence-electron chi connectivity index (χ4n) is 3.10. The molecule has 0 saturated carbocycles. The number of rotatable bonds is 3. The minimum atomic E-state index is -0.354. The van der Waals surface area contributed by atoms with Gasteiger partial charge in [-0.15, -0.1) is 0 Å². The minimum Gasteiger partial charge on any atom is -0.322 e. The fourth-order valence-corrected chi connectivity index (χ4v) is 3.10. The van der Waals surface area contributed by atoms with Crippen LogP contribution in [-0.2, 0) is 0 Å². The number of hydrogen-bond donors (Lipinski definition) is 1. The first kappa shape index (κ1) is 16.9. The van der Waals surface area contributed by atoms with Gasteiger partial charge in [-0.05, 0) is 43.7 Å². The summed E-state index contributed by atoms with van der Waals surface area (Å²) in [4.78, 5) is 17.1. The molecule has 2 aromatic carbocycles. The van der Waals surface area contributed by atoms with Gasteiger partial charge in [0.25, 0.3) is 5.91 Å². The lowest BCUT2D eigenvalue weighted by Crippen LogP contribution is -2.16. The average Bonchev–Trinajstić information content (AvgIpc) is 3.01. The SMILES string of the molecule is Cc1nn2c(C)c(C(=O)Nc3ccc(F)cc3)cnc2c1-c1ccccc1. The minimum absolute atomic E-state index is 0.317. The molecule has 27 heavy (non-hydrogen) atoms. The lowest BCUT2D eigenvalue weighted by Gasteiger charge is -2.09. The third-order valence-corrected chi connectivity index (χ3v) is 4.47. The molecule has 0 radical (unpaired) electrons. The van der Waals surface area contributed by atoms with Crippen LogP contribution in [0.2, 0.25) is 0 Å². The summed E-state index contributed by atoms with van der Waals surface area (Å²) in [5.41, 5.74) is 5.13. The van der Waals surface area contributed by atoms with Crippen molar-refractivity contribution in [2.24, 2.45) is 0 Å². The lowest BCUT2D eigenvalue weighted by atomic mass is 10.1. The Morgan fingerprint density at radius 3 is 2.44 bits per heavy atom. The molecule has 4 rings (SSSR count). The zero-order chi connectivity index (χ0) is 19.0. The van der Waals surface area contributed by atoms with Gasteiger partial charge in [-0.1, -0.05) is 30.3 Å². The van der Waals surface area contributed by atoms with Crippen LogP contribution in [0.15, 0.2) is 60.8 Å².